The van der Waals surface area contributed by atoms with E-state index >= 15 is 0 Å². The molecule has 1 N–H and O–H groups in total. The van der Waals surface area contributed by atoms with Gasteiger partial charge in [-0.05, 0) is 39.1 Å². The molecule has 1 unspecified atom stereocenters. The number of nitrogens with zero attached hydrogens (tertiary/aromatic N) is 3. The number of hydrogen-bond donors (Lipinski definition) is 1. The van der Waals surface area contributed by atoms with Crippen molar-refractivity contribution in [2.24, 2.45) is 0 Å². The van der Waals surface area contributed by atoms with E-state index in [1.807, 2.05) is 69.0 Å². The third kappa shape index (κ3) is 4.49. The average molecular weight is 377 g/mol. The standard InChI is InChI=1S/C23H28N4O/c1-17-22(18(2)27(25-17)16-19-11-7-5-8-12-19)23(28)24-15-21(26(3)4)20-13-9-6-10-14-20/h5-14,21H,15-16H2,1-4H3,(H,24,28). The van der Waals surface area contributed by atoms with Crippen molar-refractivity contribution >= 4 is 5.91 Å². The van der Waals surface area contributed by atoms with Gasteiger partial charge in [-0.1, -0.05) is 60.7 Å². The second kappa shape index (κ2) is 8.85. The van der Waals surface area contributed by atoms with E-state index in [1.165, 1.54) is 5.56 Å². The Bertz CT molecular complexity index is 917. The molecule has 5 heteroatoms. The maximum atomic E-state index is 12.9. The summed E-state index contributed by atoms with van der Waals surface area (Å²) in [4.78, 5) is 15.0. The van der Waals surface area contributed by atoms with Crippen LogP contribution in [0.3, 0.4) is 0 Å². The fourth-order valence-electron chi connectivity index (χ4n) is 3.49. The van der Waals surface area contributed by atoms with Crippen LogP contribution in [0.2, 0.25) is 0 Å². The third-order valence-corrected chi connectivity index (χ3v) is 5.05. The monoisotopic (exact) mass is 376 g/mol. The van der Waals surface area contributed by atoms with E-state index in [4.69, 9.17) is 0 Å². The Balaban J connectivity index is 1.73. The average Bonchev–Trinajstić information content (AvgIpc) is 2.96. The minimum absolute atomic E-state index is 0.0721. The van der Waals surface area contributed by atoms with Gasteiger partial charge in [0.15, 0.2) is 0 Å². The summed E-state index contributed by atoms with van der Waals surface area (Å²) in [5.41, 5.74) is 4.66. The summed E-state index contributed by atoms with van der Waals surface area (Å²) >= 11 is 0. The van der Waals surface area contributed by atoms with E-state index in [2.05, 4.69) is 39.6 Å². The first kappa shape index (κ1) is 19.8. The lowest BCUT2D eigenvalue weighted by Crippen LogP contribution is -2.35. The number of aryl methyl sites for hydroxylation is 1. The van der Waals surface area contributed by atoms with Gasteiger partial charge in [0.1, 0.15) is 0 Å². The van der Waals surface area contributed by atoms with Gasteiger partial charge in [-0.3, -0.25) is 9.48 Å². The second-order valence-corrected chi connectivity index (χ2v) is 7.29. The van der Waals surface area contributed by atoms with Crippen molar-refractivity contribution in [1.29, 1.82) is 0 Å². The van der Waals surface area contributed by atoms with E-state index in [0.717, 1.165) is 17.0 Å². The lowest BCUT2D eigenvalue weighted by atomic mass is 10.1. The Morgan fingerprint density at radius 1 is 1.04 bits per heavy atom. The zero-order chi connectivity index (χ0) is 20.1. The summed E-state index contributed by atoms with van der Waals surface area (Å²) in [6.07, 6.45) is 0. The van der Waals surface area contributed by atoms with Crippen LogP contribution in [0, 0.1) is 13.8 Å². The molecule has 3 aromatic rings. The Kier molecular flexibility index (Phi) is 6.26. The Labute approximate surface area is 167 Å². The van der Waals surface area contributed by atoms with Crippen molar-refractivity contribution in [3.63, 3.8) is 0 Å². The fourth-order valence-corrected chi connectivity index (χ4v) is 3.49. The minimum Gasteiger partial charge on any atom is -0.350 e. The van der Waals surface area contributed by atoms with Gasteiger partial charge in [0, 0.05) is 12.2 Å². The number of nitrogens with one attached hydrogen (secondary N) is 1. The molecule has 0 aliphatic rings. The molecular formula is C23H28N4O. The predicted molar refractivity (Wildman–Crippen MR) is 112 cm³/mol. The largest absolute Gasteiger partial charge is 0.350 e. The maximum absolute atomic E-state index is 12.9. The molecule has 0 aliphatic carbocycles. The highest BCUT2D eigenvalue weighted by Gasteiger charge is 2.21. The van der Waals surface area contributed by atoms with Gasteiger partial charge in [0.25, 0.3) is 5.91 Å². The first-order valence-electron chi connectivity index (χ1n) is 9.55. The highest BCUT2D eigenvalue weighted by molar-refractivity contribution is 5.96. The van der Waals surface area contributed by atoms with E-state index in [0.29, 0.717) is 18.7 Å². The van der Waals surface area contributed by atoms with Gasteiger partial charge in [0.2, 0.25) is 0 Å². The third-order valence-electron chi connectivity index (χ3n) is 5.05. The van der Waals surface area contributed by atoms with Gasteiger partial charge in [-0.25, -0.2) is 0 Å². The van der Waals surface area contributed by atoms with Crippen LogP contribution in [-0.2, 0) is 6.54 Å². The summed E-state index contributed by atoms with van der Waals surface area (Å²) in [6.45, 7) is 5.05. The Morgan fingerprint density at radius 2 is 1.64 bits per heavy atom. The smallest absolute Gasteiger partial charge is 0.255 e. The summed E-state index contributed by atoms with van der Waals surface area (Å²) in [6, 6.07) is 20.5. The van der Waals surface area contributed by atoms with Crippen LogP contribution in [0.4, 0.5) is 0 Å². The lowest BCUT2D eigenvalue weighted by Gasteiger charge is -2.25. The molecule has 0 fully saturated rings. The van der Waals surface area contributed by atoms with E-state index in [9.17, 15) is 4.79 Å². The molecule has 1 atom stereocenters. The Morgan fingerprint density at radius 3 is 2.25 bits per heavy atom. The molecule has 1 heterocycles. The molecule has 5 nitrogen and oxygen atoms in total. The summed E-state index contributed by atoms with van der Waals surface area (Å²) < 4.78 is 1.90. The molecule has 0 aliphatic heterocycles. The molecule has 0 radical (unpaired) electrons. The number of carbonyl (C=O) groups excluding carboxylic acids is 1. The topological polar surface area (TPSA) is 50.2 Å². The molecule has 0 saturated heterocycles. The number of carbonyl (C=O) groups is 1. The molecule has 2 aromatic carbocycles. The first-order chi connectivity index (χ1) is 13.5. The van der Waals surface area contributed by atoms with Crippen LogP contribution in [-0.4, -0.2) is 41.2 Å². The van der Waals surface area contributed by atoms with E-state index < -0.39 is 0 Å². The van der Waals surface area contributed by atoms with Crippen LogP contribution in [0.15, 0.2) is 60.7 Å². The van der Waals surface area contributed by atoms with Crippen LogP contribution < -0.4 is 5.32 Å². The maximum Gasteiger partial charge on any atom is 0.255 e. The molecule has 0 spiro atoms. The first-order valence-corrected chi connectivity index (χ1v) is 9.55. The number of aromatic nitrogens is 2. The van der Waals surface area contributed by atoms with Crippen molar-refractivity contribution in [2.75, 3.05) is 20.6 Å². The number of likely N-dealkylation sites (N-methyl/N-ethyl adjacent to an activating group) is 1. The molecule has 3 rings (SSSR count). The van der Waals surface area contributed by atoms with Gasteiger partial charge < -0.3 is 10.2 Å². The lowest BCUT2D eigenvalue weighted by molar-refractivity contribution is 0.0940. The molecule has 0 bridgehead atoms. The molecule has 1 aromatic heterocycles. The zero-order valence-electron chi connectivity index (χ0n) is 17.0. The molecule has 28 heavy (non-hydrogen) atoms. The highest BCUT2D eigenvalue weighted by Crippen LogP contribution is 2.18. The van der Waals surface area contributed by atoms with Crippen molar-refractivity contribution in [2.45, 2.75) is 26.4 Å². The highest BCUT2D eigenvalue weighted by atomic mass is 16.1. The normalized spacial score (nSPS) is 12.2. The number of rotatable bonds is 7. The number of hydrogen-bond acceptors (Lipinski definition) is 3. The summed E-state index contributed by atoms with van der Waals surface area (Å²) in [5, 5.41) is 7.70. The summed E-state index contributed by atoms with van der Waals surface area (Å²) in [7, 11) is 4.05. The van der Waals surface area contributed by atoms with E-state index in [-0.39, 0.29) is 11.9 Å². The molecular weight excluding hydrogens is 348 g/mol. The van der Waals surface area contributed by atoms with Crippen LogP contribution in [0.25, 0.3) is 0 Å². The van der Waals surface area contributed by atoms with Gasteiger partial charge >= 0.3 is 0 Å². The number of amides is 1. The SMILES string of the molecule is Cc1nn(Cc2ccccc2)c(C)c1C(=O)NCC(c1ccccc1)N(C)C. The number of benzene rings is 2. The van der Waals surface area contributed by atoms with Gasteiger partial charge in [0.05, 0.1) is 23.8 Å². The minimum atomic E-state index is -0.0721. The van der Waals surface area contributed by atoms with Crippen molar-refractivity contribution in [3.05, 3.63) is 88.7 Å². The Hall–Kier alpha value is -2.92. The van der Waals surface area contributed by atoms with Crippen LogP contribution in [0.5, 0.6) is 0 Å². The van der Waals surface area contributed by atoms with Crippen molar-refractivity contribution < 1.29 is 4.79 Å². The van der Waals surface area contributed by atoms with Crippen molar-refractivity contribution in [1.82, 2.24) is 20.0 Å². The van der Waals surface area contributed by atoms with E-state index in [1.54, 1.807) is 0 Å². The zero-order valence-corrected chi connectivity index (χ0v) is 17.0. The van der Waals surface area contributed by atoms with Crippen LogP contribution in [0.1, 0.15) is 38.9 Å². The van der Waals surface area contributed by atoms with Crippen molar-refractivity contribution in [3.8, 4) is 0 Å². The van der Waals surface area contributed by atoms with Crippen LogP contribution >= 0.6 is 0 Å². The molecule has 0 saturated carbocycles. The fraction of sp³-hybridized carbons (Fsp3) is 0.304. The summed E-state index contributed by atoms with van der Waals surface area (Å²) in [5.74, 6) is -0.0721. The van der Waals surface area contributed by atoms with Gasteiger partial charge in [-0.2, -0.15) is 5.10 Å². The molecule has 146 valence electrons. The van der Waals surface area contributed by atoms with Gasteiger partial charge in [-0.15, -0.1) is 0 Å². The molecule has 1 amide bonds. The quantitative estimate of drug-likeness (QED) is 0.686. The predicted octanol–water partition coefficient (Wildman–Crippen LogP) is 3.58. The second-order valence-electron chi connectivity index (χ2n) is 7.29.